The van der Waals surface area contributed by atoms with Gasteiger partial charge >= 0.3 is 0 Å². The Labute approximate surface area is 109 Å². The molecule has 3 heteroatoms. The molecule has 0 saturated heterocycles. The second-order valence-corrected chi connectivity index (χ2v) is 4.86. The zero-order chi connectivity index (χ0) is 13.1. The van der Waals surface area contributed by atoms with Crippen LogP contribution in [0.25, 0.3) is 0 Å². The van der Waals surface area contributed by atoms with E-state index in [0.717, 1.165) is 18.7 Å². The van der Waals surface area contributed by atoms with Gasteiger partial charge in [0.15, 0.2) is 0 Å². The first kappa shape index (κ1) is 12.8. The lowest BCUT2D eigenvalue weighted by atomic mass is 10.0. The van der Waals surface area contributed by atoms with Crippen LogP contribution >= 0.6 is 0 Å². The highest BCUT2D eigenvalue weighted by Gasteiger charge is 2.06. The number of nitrogens with two attached hydrogens (primary N) is 1. The Morgan fingerprint density at radius 1 is 1.22 bits per heavy atom. The third kappa shape index (κ3) is 2.62. The van der Waals surface area contributed by atoms with Gasteiger partial charge in [-0.15, -0.1) is 0 Å². The zero-order valence-corrected chi connectivity index (χ0v) is 11.4. The summed E-state index contributed by atoms with van der Waals surface area (Å²) in [6.45, 7) is 4.81. The summed E-state index contributed by atoms with van der Waals surface area (Å²) in [7, 11) is 2.03. The fraction of sp³-hybridized carbons (Fsp3) is 0.400. The molecule has 2 N–H and O–H groups in total. The van der Waals surface area contributed by atoms with Crippen LogP contribution in [-0.2, 0) is 26.4 Å². The average Bonchev–Trinajstić information content (AvgIpc) is 2.69. The van der Waals surface area contributed by atoms with Gasteiger partial charge in [-0.2, -0.15) is 0 Å². The second-order valence-electron chi connectivity index (χ2n) is 4.86. The molecule has 0 bridgehead atoms. The molecular formula is C15H21N3. The summed E-state index contributed by atoms with van der Waals surface area (Å²) >= 11 is 0. The van der Waals surface area contributed by atoms with Gasteiger partial charge in [-0.3, -0.25) is 0 Å². The Morgan fingerprint density at radius 2 is 2.00 bits per heavy atom. The van der Waals surface area contributed by atoms with Gasteiger partial charge in [0.05, 0.1) is 6.54 Å². The molecule has 96 valence electrons. The van der Waals surface area contributed by atoms with Gasteiger partial charge in [0, 0.05) is 18.9 Å². The number of imidazole rings is 1. The summed E-state index contributed by atoms with van der Waals surface area (Å²) < 4.78 is 2.10. The summed E-state index contributed by atoms with van der Waals surface area (Å²) in [6, 6.07) is 6.64. The monoisotopic (exact) mass is 243 g/mol. The van der Waals surface area contributed by atoms with Crippen molar-refractivity contribution in [1.82, 2.24) is 9.55 Å². The maximum atomic E-state index is 5.63. The molecular weight excluding hydrogens is 222 g/mol. The normalized spacial score (nSPS) is 10.9. The largest absolute Gasteiger partial charge is 0.334 e. The summed E-state index contributed by atoms with van der Waals surface area (Å²) in [5.41, 5.74) is 11.0. The molecule has 0 radical (unpaired) electrons. The van der Waals surface area contributed by atoms with Crippen molar-refractivity contribution in [2.24, 2.45) is 12.8 Å². The molecule has 0 aliphatic rings. The van der Waals surface area contributed by atoms with Crippen LogP contribution in [0.1, 0.15) is 28.2 Å². The molecule has 0 saturated carbocycles. The highest BCUT2D eigenvalue weighted by molar-refractivity contribution is 5.30. The lowest BCUT2D eigenvalue weighted by molar-refractivity contribution is 0.739. The quantitative estimate of drug-likeness (QED) is 0.895. The molecule has 0 aliphatic heterocycles. The van der Waals surface area contributed by atoms with Gasteiger partial charge in [-0.1, -0.05) is 23.8 Å². The topological polar surface area (TPSA) is 43.8 Å². The number of nitrogens with zero attached hydrogens (tertiary/aromatic N) is 2. The van der Waals surface area contributed by atoms with Crippen LogP contribution in [0, 0.1) is 13.8 Å². The molecule has 0 atom stereocenters. The van der Waals surface area contributed by atoms with Crippen LogP contribution in [0.2, 0.25) is 0 Å². The Bertz CT molecular complexity index is 541. The second kappa shape index (κ2) is 5.36. The number of hydrogen-bond acceptors (Lipinski definition) is 2. The molecule has 0 fully saturated rings. The van der Waals surface area contributed by atoms with E-state index in [1.54, 1.807) is 0 Å². The van der Waals surface area contributed by atoms with Crippen LogP contribution < -0.4 is 5.73 Å². The minimum Gasteiger partial charge on any atom is -0.334 e. The summed E-state index contributed by atoms with van der Waals surface area (Å²) in [6.07, 6.45) is 3.99. The molecule has 1 aromatic carbocycles. The van der Waals surface area contributed by atoms with Crippen molar-refractivity contribution in [3.63, 3.8) is 0 Å². The Balaban J connectivity index is 2.09. The maximum absolute atomic E-state index is 5.63. The van der Waals surface area contributed by atoms with Gasteiger partial charge in [0.1, 0.15) is 5.82 Å². The molecule has 0 unspecified atom stereocenters. The maximum Gasteiger partial charge on any atom is 0.122 e. The van der Waals surface area contributed by atoms with Crippen LogP contribution in [-0.4, -0.2) is 9.55 Å². The van der Waals surface area contributed by atoms with E-state index in [1.807, 2.05) is 13.2 Å². The van der Waals surface area contributed by atoms with E-state index in [1.165, 1.54) is 22.4 Å². The standard InChI is InChI=1S/C15H21N3/c1-11-4-5-13(12(2)8-11)6-7-14-10-17-15(9-16)18(14)3/h4-5,8,10H,6-7,9,16H2,1-3H3. The minimum atomic E-state index is 0.500. The first-order valence-corrected chi connectivity index (χ1v) is 6.37. The van der Waals surface area contributed by atoms with E-state index in [2.05, 4.69) is 41.6 Å². The number of aromatic nitrogens is 2. The van der Waals surface area contributed by atoms with E-state index in [-0.39, 0.29) is 0 Å². The predicted molar refractivity (Wildman–Crippen MR) is 74.4 cm³/mol. The third-order valence-corrected chi connectivity index (χ3v) is 3.51. The highest BCUT2D eigenvalue weighted by atomic mass is 15.1. The van der Waals surface area contributed by atoms with Crippen molar-refractivity contribution in [3.05, 3.63) is 52.6 Å². The highest BCUT2D eigenvalue weighted by Crippen LogP contribution is 2.14. The number of hydrogen-bond donors (Lipinski definition) is 1. The molecule has 1 heterocycles. The van der Waals surface area contributed by atoms with Gasteiger partial charge < -0.3 is 10.3 Å². The first-order chi connectivity index (χ1) is 8.61. The van der Waals surface area contributed by atoms with Gasteiger partial charge in [0.25, 0.3) is 0 Å². The van der Waals surface area contributed by atoms with Crippen molar-refractivity contribution >= 4 is 0 Å². The van der Waals surface area contributed by atoms with Crippen molar-refractivity contribution in [2.45, 2.75) is 33.2 Å². The molecule has 3 nitrogen and oxygen atoms in total. The van der Waals surface area contributed by atoms with Crippen LogP contribution in [0.4, 0.5) is 0 Å². The van der Waals surface area contributed by atoms with Crippen molar-refractivity contribution in [1.29, 1.82) is 0 Å². The molecule has 1 aromatic heterocycles. The van der Waals surface area contributed by atoms with Crippen LogP contribution in [0.15, 0.2) is 24.4 Å². The van der Waals surface area contributed by atoms with E-state index in [4.69, 9.17) is 5.73 Å². The fourth-order valence-corrected chi connectivity index (χ4v) is 2.30. The zero-order valence-electron chi connectivity index (χ0n) is 11.4. The van der Waals surface area contributed by atoms with E-state index < -0.39 is 0 Å². The summed E-state index contributed by atoms with van der Waals surface area (Å²) in [5.74, 6) is 0.950. The van der Waals surface area contributed by atoms with Crippen LogP contribution in [0.5, 0.6) is 0 Å². The van der Waals surface area contributed by atoms with Crippen molar-refractivity contribution in [3.8, 4) is 0 Å². The lowest BCUT2D eigenvalue weighted by Gasteiger charge is -2.08. The van der Waals surface area contributed by atoms with E-state index in [0.29, 0.717) is 6.54 Å². The van der Waals surface area contributed by atoms with Gasteiger partial charge in [-0.25, -0.2) is 4.98 Å². The number of rotatable bonds is 4. The molecule has 2 aromatic rings. The molecule has 0 aliphatic carbocycles. The summed E-state index contributed by atoms with van der Waals surface area (Å²) in [5, 5.41) is 0. The van der Waals surface area contributed by atoms with Crippen molar-refractivity contribution < 1.29 is 0 Å². The van der Waals surface area contributed by atoms with E-state index in [9.17, 15) is 0 Å². The molecule has 2 rings (SSSR count). The SMILES string of the molecule is Cc1ccc(CCc2cnc(CN)n2C)c(C)c1. The van der Waals surface area contributed by atoms with E-state index >= 15 is 0 Å². The van der Waals surface area contributed by atoms with Crippen LogP contribution in [0.3, 0.4) is 0 Å². The van der Waals surface area contributed by atoms with Gasteiger partial charge in [-0.05, 0) is 37.8 Å². The number of aryl methyl sites for hydroxylation is 4. The lowest BCUT2D eigenvalue weighted by Crippen LogP contribution is -2.07. The molecule has 18 heavy (non-hydrogen) atoms. The third-order valence-electron chi connectivity index (χ3n) is 3.51. The predicted octanol–water partition coefficient (Wildman–Crippen LogP) is 2.28. The van der Waals surface area contributed by atoms with Crippen molar-refractivity contribution in [2.75, 3.05) is 0 Å². The number of benzene rings is 1. The fourth-order valence-electron chi connectivity index (χ4n) is 2.30. The Kier molecular flexibility index (Phi) is 3.82. The molecule has 0 spiro atoms. The first-order valence-electron chi connectivity index (χ1n) is 6.37. The minimum absolute atomic E-state index is 0.500. The molecule has 0 amide bonds. The smallest absolute Gasteiger partial charge is 0.122 e. The Morgan fingerprint density at radius 3 is 2.61 bits per heavy atom. The Hall–Kier alpha value is -1.61. The average molecular weight is 243 g/mol. The summed E-state index contributed by atoms with van der Waals surface area (Å²) in [4.78, 5) is 4.32. The van der Waals surface area contributed by atoms with Gasteiger partial charge in [0.2, 0.25) is 0 Å².